The molecule has 1 fully saturated rings. The summed E-state index contributed by atoms with van der Waals surface area (Å²) < 4.78 is 26.4. The molecule has 0 heterocycles. The summed E-state index contributed by atoms with van der Waals surface area (Å²) >= 11 is 0. The molecule has 1 N–H and O–H groups in total. The largest absolute Gasteiger partial charge is 0.319 e. The fraction of sp³-hybridized carbons (Fsp3) is 0.455. The molecule has 0 bridgehead atoms. The van der Waals surface area contributed by atoms with Crippen LogP contribution in [0.4, 0.5) is 8.78 Å². The third kappa shape index (κ3) is 1.52. The van der Waals surface area contributed by atoms with Crippen molar-refractivity contribution in [1.82, 2.24) is 5.32 Å². The molecule has 0 aromatic heterocycles. The van der Waals surface area contributed by atoms with Gasteiger partial charge in [0.25, 0.3) is 0 Å². The van der Waals surface area contributed by atoms with E-state index in [9.17, 15) is 8.78 Å². The van der Waals surface area contributed by atoms with Gasteiger partial charge in [-0.05, 0) is 43.7 Å². The zero-order chi connectivity index (χ0) is 10.2. The number of benzene rings is 1. The Kier molecular flexibility index (Phi) is 2.27. The van der Waals surface area contributed by atoms with E-state index in [1.807, 2.05) is 7.05 Å². The molecule has 0 aliphatic heterocycles. The Morgan fingerprint density at radius 3 is 2.64 bits per heavy atom. The first-order valence-electron chi connectivity index (χ1n) is 4.78. The number of rotatable bonds is 3. The van der Waals surface area contributed by atoms with E-state index in [-0.39, 0.29) is 17.0 Å². The maximum absolute atomic E-state index is 13.4. The van der Waals surface area contributed by atoms with Crippen LogP contribution in [0.1, 0.15) is 18.4 Å². The smallest absolute Gasteiger partial charge is 0.127 e. The monoisotopic (exact) mass is 197 g/mol. The molecule has 1 nitrogen and oxygen atoms in total. The molecule has 76 valence electrons. The molecule has 1 aliphatic carbocycles. The molecule has 1 aromatic rings. The molecule has 1 aliphatic rings. The number of likely N-dealkylation sites (N-methyl/N-ethyl adjacent to an activating group) is 1. The van der Waals surface area contributed by atoms with Gasteiger partial charge in [-0.2, -0.15) is 0 Å². The second kappa shape index (κ2) is 3.31. The third-order valence-electron chi connectivity index (χ3n) is 2.87. The van der Waals surface area contributed by atoms with Crippen LogP contribution in [0.15, 0.2) is 18.2 Å². The highest BCUT2D eigenvalue weighted by Crippen LogP contribution is 2.48. The Morgan fingerprint density at radius 2 is 2.07 bits per heavy atom. The van der Waals surface area contributed by atoms with Gasteiger partial charge in [-0.1, -0.05) is 0 Å². The molecule has 0 atom stereocenters. The highest BCUT2D eigenvalue weighted by atomic mass is 19.1. The van der Waals surface area contributed by atoms with E-state index >= 15 is 0 Å². The molecule has 1 aromatic carbocycles. The number of nitrogens with one attached hydrogen (secondary N) is 1. The van der Waals surface area contributed by atoms with Crippen LogP contribution in [-0.2, 0) is 5.41 Å². The van der Waals surface area contributed by atoms with Crippen molar-refractivity contribution >= 4 is 0 Å². The Balaban J connectivity index is 2.35. The molecular weight excluding hydrogens is 184 g/mol. The van der Waals surface area contributed by atoms with Gasteiger partial charge in [0.1, 0.15) is 11.6 Å². The van der Waals surface area contributed by atoms with Crippen molar-refractivity contribution in [3.8, 4) is 0 Å². The van der Waals surface area contributed by atoms with Gasteiger partial charge in [0, 0.05) is 12.0 Å². The van der Waals surface area contributed by atoms with E-state index in [4.69, 9.17) is 0 Å². The fourth-order valence-electron chi connectivity index (χ4n) is 1.93. The van der Waals surface area contributed by atoms with Crippen molar-refractivity contribution < 1.29 is 8.78 Å². The molecule has 0 amide bonds. The summed E-state index contributed by atoms with van der Waals surface area (Å²) in [4.78, 5) is 0. The average Bonchev–Trinajstić information content (AvgIpc) is 2.91. The van der Waals surface area contributed by atoms with E-state index < -0.39 is 0 Å². The Labute approximate surface area is 82.1 Å². The van der Waals surface area contributed by atoms with Gasteiger partial charge in [0.15, 0.2) is 0 Å². The van der Waals surface area contributed by atoms with Crippen molar-refractivity contribution in [3.05, 3.63) is 35.4 Å². The summed E-state index contributed by atoms with van der Waals surface area (Å²) in [6.45, 7) is 0.716. The van der Waals surface area contributed by atoms with Gasteiger partial charge in [0.2, 0.25) is 0 Å². The highest BCUT2D eigenvalue weighted by Gasteiger charge is 2.45. The van der Waals surface area contributed by atoms with Gasteiger partial charge in [0.05, 0.1) is 0 Å². The molecule has 0 spiro atoms. The van der Waals surface area contributed by atoms with E-state index in [0.29, 0.717) is 12.1 Å². The quantitative estimate of drug-likeness (QED) is 0.783. The fourth-order valence-corrected chi connectivity index (χ4v) is 1.93. The van der Waals surface area contributed by atoms with E-state index in [2.05, 4.69) is 5.32 Å². The van der Waals surface area contributed by atoms with E-state index in [0.717, 1.165) is 18.9 Å². The molecule has 1 saturated carbocycles. The van der Waals surface area contributed by atoms with Gasteiger partial charge in [-0.25, -0.2) is 8.78 Å². The lowest BCUT2D eigenvalue weighted by Crippen LogP contribution is -2.24. The first-order chi connectivity index (χ1) is 6.68. The van der Waals surface area contributed by atoms with E-state index in [1.165, 1.54) is 12.1 Å². The van der Waals surface area contributed by atoms with Crippen molar-refractivity contribution in [2.75, 3.05) is 13.6 Å². The summed E-state index contributed by atoms with van der Waals surface area (Å²) in [5.41, 5.74) is 0.368. The molecule has 3 heteroatoms. The first kappa shape index (κ1) is 9.59. The first-order valence-corrected chi connectivity index (χ1v) is 4.78. The lowest BCUT2D eigenvalue weighted by Gasteiger charge is -2.15. The minimum absolute atomic E-state index is 0.152. The van der Waals surface area contributed by atoms with Crippen molar-refractivity contribution in [3.63, 3.8) is 0 Å². The maximum atomic E-state index is 13.4. The number of hydrogen-bond donors (Lipinski definition) is 1. The lowest BCUT2D eigenvalue weighted by molar-refractivity contribution is 0.538. The zero-order valence-electron chi connectivity index (χ0n) is 8.11. The summed E-state index contributed by atoms with van der Waals surface area (Å²) in [5, 5.41) is 3.03. The van der Waals surface area contributed by atoms with E-state index in [1.54, 1.807) is 0 Å². The van der Waals surface area contributed by atoms with Gasteiger partial charge >= 0.3 is 0 Å². The van der Waals surface area contributed by atoms with Crippen LogP contribution in [-0.4, -0.2) is 13.6 Å². The van der Waals surface area contributed by atoms with Crippen LogP contribution >= 0.6 is 0 Å². The molecule has 0 saturated heterocycles. The minimum atomic E-state index is -0.358. The zero-order valence-corrected chi connectivity index (χ0v) is 8.11. The predicted molar refractivity (Wildman–Crippen MR) is 51.2 cm³/mol. The topological polar surface area (TPSA) is 12.0 Å². The SMILES string of the molecule is CNCC1(c2cc(F)ccc2F)CC1. The summed E-state index contributed by atoms with van der Waals surface area (Å²) in [5.74, 6) is -0.650. The molecule has 0 unspecified atom stereocenters. The van der Waals surface area contributed by atoms with Gasteiger partial charge in [-0.3, -0.25) is 0 Å². The Hall–Kier alpha value is -0.960. The average molecular weight is 197 g/mol. The van der Waals surface area contributed by atoms with Crippen LogP contribution in [0.5, 0.6) is 0 Å². The number of halogens is 2. The normalized spacial score (nSPS) is 18.2. The molecular formula is C11H13F2N. The van der Waals surface area contributed by atoms with Crippen LogP contribution in [0.2, 0.25) is 0 Å². The van der Waals surface area contributed by atoms with Crippen molar-refractivity contribution in [2.24, 2.45) is 0 Å². The van der Waals surface area contributed by atoms with Gasteiger partial charge < -0.3 is 5.32 Å². The Bertz CT molecular complexity index is 345. The van der Waals surface area contributed by atoms with Gasteiger partial charge in [-0.15, -0.1) is 0 Å². The molecule has 0 radical (unpaired) electrons. The maximum Gasteiger partial charge on any atom is 0.127 e. The molecule has 14 heavy (non-hydrogen) atoms. The second-order valence-electron chi connectivity index (χ2n) is 3.93. The summed E-state index contributed by atoms with van der Waals surface area (Å²) in [6.07, 6.45) is 1.88. The minimum Gasteiger partial charge on any atom is -0.319 e. The van der Waals surface area contributed by atoms with Crippen LogP contribution in [0.25, 0.3) is 0 Å². The summed E-state index contributed by atoms with van der Waals surface area (Å²) in [7, 11) is 1.83. The number of hydrogen-bond acceptors (Lipinski definition) is 1. The lowest BCUT2D eigenvalue weighted by atomic mass is 9.95. The van der Waals surface area contributed by atoms with Crippen molar-refractivity contribution in [1.29, 1.82) is 0 Å². The Morgan fingerprint density at radius 1 is 1.36 bits per heavy atom. The summed E-state index contributed by atoms with van der Waals surface area (Å²) in [6, 6.07) is 3.69. The predicted octanol–water partition coefficient (Wildman–Crippen LogP) is 2.22. The van der Waals surface area contributed by atoms with Crippen LogP contribution in [0.3, 0.4) is 0 Å². The second-order valence-corrected chi connectivity index (χ2v) is 3.93. The van der Waals surface area contributed by atoms with Crippen molar-refractivity contribution in [2.45, 2.75) is 18.3 Å². The molecule has 2 rings (SSSR count). The highest BCUT2D eigenvalue weighted by molar-refractivity contribution is 5.33. The van der Waals surface area contributed by atoms with Crippen LogP contribution < -0.4 is 5.32 Å². The third-order valence-corrected chi connectivity index (χ3v) is 2.87. The van der Waals surface area contributed by atoms with Crippen LogP contribution in [0, 0.1) is 11.6 Å². The standard InChI is InChI=1S/C11H13F2N/c1-14-7-11(4-5-11)9-6-8(12)2-3-10(9)13/h2-3,6,14H,4-5,7H2,1H3.